The van der Waals surface area contributed by atoms with E-state index >= 15 is 0 Å². The first-order valence-corrected chi connectivity index (χ1v) is 4.53. The van der Waals surface area contributed by atoms with Gasteiger partial charge in [0.25, 0.3) is 0 Å². The van der Waals surface area contributed by atoms with Crippen LogP contribution in [0.2, 0.25) is 0 Å². The first-order chi connectivity index (χ1) is 6.45. The fourth-order valence-corrected chi connectivity index (χ4v) is 0.894. The summed E-state index contributed by atoms with van der Waals surface area (Å²) in [7, 11) is 0. The zero-order chi connectivity index (χ0) is 11.1. The molecule has 0 aromatic rings. The van der Waals surface area contributed by atoms with E-state index in [1.807, 2.05) is 0 Å². The van der Waals surface area contributed by atoms with Crippen molar-refractivity contribution in [3.8, 4) is 0 Å². The van der Waals surface area contributed by atoms with Gasteiger partial charge in [-0.25, -0.2) is 4.79 Å². The Hall–Kier alpha value is -1.03. The molecule has 0 rings (SSSR count). The average Bonchev–Trinajstić information content (AvgIpc) is 2.01. The van der Waals surface area contributed by atoms with E-state index in [1.165, 1.54) is 6.92 Å². The van der Waals surface area contributed by atoms with E-state index in [4.69, 9.17) is 21.1 Å². The number of carbonyl (C=O) groups excluding carboxylic acids is 2. The normalized spacial score (nSPS) is 13.9. The molecule has 0 aliphatic heterocycles. The van der Waals surface area contributed by atoms with Crippen LogP contribution in [0.5, 0.6) is 0 Å². The standard InChI is InChI=1S/C9H13ClO4/c1-4-8(12)14-9(5-6(2)10)13-7(3)11/h4,6,9H,1,5H2,2-3H3. The van der Waals surface area contributed by atoms with Crippen molar-refractivity contribution in [2.24, 2.45) is 0 Å². The van der Waals surface area contributed by atoms with E-state index in [0.29, 0.717) is 0 Å². The molecular weight excluding hydrogens is 208 g/mol. The van der Waals surface area contributed by atoms with Crippen LogP contribution < -0.4 is 0 Å². The van der Waals surface area contributed by atoms with Gasteiger partial charge in [-0.05, 0) is 6.92 Å². The number of ether oxygens (including phenoxy) is 2. The Labute approximate surface area is 87.8 Å². The van der Waals surface area contributed by atoms with Gasteiger partial charge in [0.05, 0.1) is 0 Å². The molecule has 0 aliphatic rings. The molecular formula is C9H13ClO4. The second-order valence-corrected chi connectivity index (χ2v) is 3.44. The highest BCUT2D eigenvalue weighted by Gasteiger charge is 2.17. The van der Waals surface area contributed by atoms with Crippen molar-refractivity contribution in [2.75, 3.05) is 0 Å². The first kappa shape index (κ1) is 13.0. The summed E-state index contributed by atoms with van der Waals surface area (Å²) in [6.45, 7) is 6.16. The molecule has 80 valence electrons. The van der Waals surface area contributed by atoms with Crippen molar-refractivity contribution in [1.82, 2.24) is 0 Å². The molecule has 0 fully saturated rings. The van der Waals surface area contributed by atoms with Crippen molar-refractivity contribution >= 4 is 23.5 Å². The Balaban J connectivity index is 4.16. The van der Waals surface area contributed by atoms with Crippen molar-refractivity contribution in [3.63, 3.8) is 0 Å². The van der Waals surface area contributed by atoms with E-state index in [-0.39, 0.29) is 11.8 Å². The van der Waals surface area contributed by atoms with Crippen LogP contribution in [0.25, 0.3) is 0 Å². The number of esters is 2. The maximum atomic E-state index is 10.8. The van der Waals surface area contributed by atoms with Crippen LogP contribution in [0.3, 0.4) is 0 Å². The molecule has 0 aliphatic carbocycles. The zero-order valence-corrected chi connectivity index (χ0v) is 8.91. The molecule has 0 bridgehead atoms. The topological polar surface area (TPSA) is 52.6 Å². The van der Waals surface area contributed by atoms with Gasteiger partial charge in [-0.15, -0.1) is 11.6 Å². The molecule has 0 saturated carbocycles. The molecule has 0 heterocycles. The predicted octanol–water partition coefficient (Wildman–Crippen LogP) is 1.62. The number of alkyl halides is 1. The Bertz CT molecular complexity index is 225. The molecule has 14 heavy (non-hydrogen) atoms. The summed E-state index contributed by atoms with van der Waals surface area (Å²) in [6, 6.07) is 0. The molecule has 4 nitrogen and oxygen atoms in total. The van der Waals surface area contributed by atoms with E-state index in [1.54, 1.807) is 6.92 Å². The molecule has 0 saturated heterocycles. The minimum absolute atomic E-state index is 0.251. The van der Waals surface area contributed by atoms with E-state index < -0.39 is 18.2 Å². The quantitative estimate of drug-likeness (QED) is 0.306. The molecule has 0 N–H and O–H groups in total. The van der Waals surface area contributed by atoms with Crippen molar-refractivity contribution in [3.05, 3.63) is 12.7 Å². The molecule has 5 heteroatoms. The van der Waals surface area contributed by atoms with Gasteiger partial charge in [-0.3, -0.25) is 4.79 Å². The molecule has 0 aromatic heterocycles. The second-order valence-electron chi connectivity index (χ2n) is 2.70. The molecule has 0 amide bonds. The Morgan fingerprint density at radius 3 is 2.43 bits per heavy atom. The van der Waals surface area contributed by atoms with E-state index in [0.717, 1.165) is 6.08 Å². The van der Waals surface area contributed by atoms with Crippen LogP contribution in [0.4, 0.5) is 0 Å². The third-order valence-electron chi connectivity index (χ3n) is 1.23. The molecule has 2 unspecified atom stereocenters. The van der Waals surface area contributed by atoms with Crippen LogP contribution in [-0.4, -0.2) is 23.6 Å². The molecule has 2 atom stereocenters. The lowest BCUT2D eigenvalue weighted by Crippen LogP contribution is -2.25. The summed E-state index contributed by atoms with van der Waals surface area (Å²) in [5, 5.41) is -0.253. The number of hydrogen-bond donors (Lipinski definition) is 0. The summed E-state index contributed by atoms with van der Waals surface area (Å²) in [4.78, 5) is 21.4. The smallest absolute Gasteiger partial charge is 0.333 e. The Morgan fingerprint density at radius 1 is 1.50 bits per heavy atom. The average molecular weight is 221 g/mol. The van der Waals surface area contributed by atoms with Crippen molar-refractivity contribution in [1.29, 1.82) is 0 Å². The van der Waals surface area contributed by atoms with Crippen molar-refractivity contribution < 1.29 is 19.1 Å². The van der Waals surface area contributed by atoms with Gasteiger partial charge >= 0.3 is 11.9 Å². The number of hydrogen-bond acceptors (Lipinski definition) is 4. The minimum atomic E-state index is -0.939. The van der Waals surface area contributed by atoms with Crippen LogP contribution in [0.15, 0.2) is 12.7 Å². The van der Waals surface area contributed by atoms with Gasteiger partial charge in [0.15, 0.2) is 0 Å². The van der Waals surface area contributed by atoms with Gasteiger partial charge < -0.3 is 9.47 Å². The van der Waals surface area contributed by atoms with Gasteiger partial charge in [0.1, 0.15) is 0 Å². The lowest BCUT2D eigenvalue weighted by Gasteiger charge is -2.17. The molecule has 0 spiro atoms. The monoisotopic (exact) mass is 220 g/mol. The summed E-state index contributed by atoms with van der Waals surface area (Å²) in [6.07, 6.45) is 0.307. The van der Waals surface area contributed by atoms with Crippen LogP contribution >= 0.6 is 11.6 Å². The lowest BCUT2D eigenvalue weighted by molar-refractivity contribution is -0.183. The highest BCUT2D eigenvalue weighted by Crippen LogP contribution is 2.10. The fourth-order valence-electron chi connectivity index (χ4n) is 0.748. The number of halogens is 1. The van der Waals surface area contributed by atoms with Crippen LogP contribution in [0.1, 0.15) is 20.3 Å². The lowest BCUT2D eigenvalue weighted by atomic mass is 10.3. The Kier molecular flexibility index (Phi) is 5.95. The third-order valence-corrected chi connectivity index (χ3v) is 1.41. The predicted molar refractivity (Wildman–Crippen MR) is 51.8 cm³/mol. The highest BCUT2D eigenvalue weighted by atomic mass is 35.5. The van der Waals surface area contributed by atoms with Gasteiger partial charge in [-0.2, -0.15) is 0 Å². The van der Waals surface area contributed by atoms with Gasteiger partial charge in [0, 0.05) is 24.8 Å². The maximum Gasteiger partial charge on any atom is 0.333 e. The summed E-state index contributed by atoms with van der Waals surface area (Å²) in [5.41, 5.74) is 0. The first-order valence-electron chi connectivity index (χ1n) is 4.10. The Morgan fingerprint density at radius 2 is 2.07 bits per heavy atom. The van der Waals surface area contributed by atoms with Crippen molar-refractivity contribution in [2.45, 2.75) is 31.9 Å². The van der Waals surface area contributed by atoms with Crippen LogP contribution in [0, 0.1) is 0 Å². The fraction of sp³-hybridized carbons (Fsp3) is 0.556. The summed E-state index contributed by atoms with van der Waals surface area (Å²) in [5.74, 6) is -1.17. The van der Waals surface area contributed by atoms with Gasteiger partial charge in [-0.1, -0.05) is 6.58 Å². The minimum Gasteiger partial charge on any atom is -0.425 e. The van der Waals surface area contributed by atoms with Gasteiger partial charge in [0.2, 0.25) is 6.29 Å². The largest absolute Gasteiger partial charge is 0.425 e. The molecule has 0 radical (unpaired) electrons. The number of rotatable bonds is 5. The highest BCUT2D eigenvalue weighted by molar-refractivity contribution is 6.20. The number of carbonyl (C=O) groups is 2. The molecule has 0 aromatic carbocycles. The second kappa shape index (κ2) is 6.43. The van der Waals surface area contributed by atoms with Crippen LogP contribution in [-0.2, 0) is 19.1 Å². The van der Waals surface area contributed by atoms with E-state index in [2.05, 4.69) is 6.58 Å². The summed E-state index contributed by atoms with van der Waals surface area (Å²) < 4.78 is 9.46. The maximum absolute atomic E-state index is 10.8. The third kappa shape index (κ3) is 6.48. The summed E-state index contributed by atoms with van der Waals surface area (Å²) >= 11 is 5.67. The zero-order valence-electron chi connectivity index (χ0n) is 8.16. The van der Waals surface area contributed by atoms with E-state index in [9.17, 15) is 9.59 Å². The SMILES string of the molecule is C=CC(=O)OC(CC(C)Cl)OC(C)=O.